The normalized spacial score (nSPS) is 10.2. The number of ether oxygens (including phenoxy) is 1. The Balaban J connectivity index is 2.21. The molecule has 2 rings (SSSR count). The van der Waals surface area contributed by atoms with Gasteiger partial charge in [0.05, 0.1) is 17.0 Å². The second-order valence-electron chi connectivity index (χ2n) is 2.62. The molecule has 0 aliphatic carbocycles. The molecule has 0 atom stereocenters. The Bertz CT molecular complexity index is 450. The Labute approximate surface area is 94.6 Å². The SMILES string of the molecule is CCOC(=O)c1csc(-c2cncs2)n1. The molecule has 0 aliphatic rings. The number of carbonyl (C=O) groups is 1. The molecule has 2 aromatic heterocycles. The van der Waals surface area contributed by atoms with Gasteiger partial charge in [-0.25, -0.2) is 9.78 Å². The monoisotopic (exact) mass is 240 g/mol. The van der Waals surface area contributed by atoms with Crippen LogP contribution in [0.2, 0.25) is 0 Å². The van der Waals surface area contributed by atoms with Crippen molar-refractivity contribution in [1.82, 2.24) is 9.97 Å². The highest BCUT2D eigenvalue weighted by Gasteiger charge is 2.12. The van der Waals surface area contributed by atoms with E-state index >= 15 is 0 Å². The molecule has 0 spiro atoms. The van der Waals surface area contributed by atoms with Crippen LogP contribution in [0.25, 0.3) is 9.88 Å². The maximum absolute atomic E-state index is 11.3. The molecule has 0 unspecified atom stereocenters. The van der Waals surface area contributed by atoms with Crippen LogP contribution in [0.15, 0.2) is 17.1 Å². The van der Waals surface area contributed by atoms with Gasteiger partial charge in [-0.3, -0.25) is 4.98 Å². The molecule has 0 saturated carbocycles. The zero-order chi connectivity index (χ0) is 10.7. The van der Waals surface area contributed by atoms with E-state index in [1.54, 1.807) is 24.0 Å². The van der Waals surface area contributed by atoms with Crippen molar-refractivity contribution in [3.05, 3.63) is 22.8 Å². The van der Waals surface area contributed by atoms with E-state index < -0.39 is 0 Å². The summed E-state index contributed by atoms with van der Waals surface area (Å²) in [6, 6.07) is 0. The van der Waals surface area contributed by atoms with Crippen molar-refractivity contribution in [1.29, 1.82) is 0 Å². The van der Waals surface area contributed by atoms with Crippen molar-refractivity contribution in [3.8, 4) is 9.88 Å². The fraction of sp³-hybridized carbons (Fsp3) is 0.222. The minimum Gasteiger partial charge on any atom is -0.461 e. The summed E-state index contributed by atoms with van der Waals surface area (Å²) >= 11 is 2.92. The third kappa shape index (κ3) is 2.21. The molecule has 78 valence electrons. The minimum absolute atomic E-state index is 0.366. The molecule has 2 heterocycles. The van der Waals surface area contributed by atoms with Gasteiger partial charge < -0.3 is 4.74 Å². The van der Waals surface area contributed by atoms with Crippen LogP contribution < -0.4 is 0 Å². The summed E-state index contributed by atoms with van der Waals surface area (Å²) in [6.07, 6.45) is 1.73. The summed E-state index contributed by atoms with van der Waals surface area (Å²) in [4.78, 5) is 20.4. The first-order chi connectivity index (χ1) is 7.31. The Morgan fingerprint density at radius 3 is 3.07 bits per heavy atom. The van der Waals surface area contributed by atoms with E-state index in [4.69, 9.17) is 4.74 Å². The van der Waals surface area contributed by atoms with E-state index in [2.05, 4.69) is 9.97 Å². The van der Waals surface area contributed by atoms with Crippen LogP contribution >= 0.6 is 22.7 Å². The second kappa shape index (κ2) is 4.50. The van der Waals surface area contributed by atoms with Crippen LogP contribution in [0, 0.1) is 0 Å². The highest BCUT2D eigenvalue weighted by atomic mass is 32.1. The van der Waals surface area contributed by atoms with E-state index in [0.717, 1.165) is 9.88 Å². The molecule has 0 bridgehead atoms. The van der Waals surface area contributed by atoms with Gasteiger partial charge in [-0.1, -0.05) is 0 Å². The standard InChI is InChI=1S/C9H8N2O2S2/c1-2-13-9(12)6-4-14-8(11-6)7-3-10-5-15-7/h3-5H,2H2,1H3. The van der Waals surface area contributed by atoms with Crippen molar-refractivity contribution in [3.63, 3.8) is 0 Å². The summed E-state index contributed by atoms with van der Waals surface area (Å²) in [5.41, 5.74) is 2.10. The number of hydrogen-bond acceptors (Lipinski definition) is 6. The molecule has 2 aromatic rings. The Morgan fingerprint density at radius 2 is 2.40 bits per heavy atom. The number of thiazole rings is 2. The van der Waals surface area contributed by atoms with Crippen LogP contribution in [0.3, 0.4) is 0 Å². The van der Waals surface area contributed by atoms with Crippen LogP contribution in [0.1, 0.15) is 17.4 Å². The lowest BCUT2D eigenvalue weighted by molar-refractivity contribution is 0.0520. The number of carbonyl (C=O) groups excluding carboxylic acids is 1. The second-order valence-corrected chi connectivity index (χ2v) is 4.37. The number of nitrogens with zero attached hydrogens (tertiary/aromatic N) is 2. The maximum Gasteiger partial charge on any atom is 0.357 e. The molecular weight excluding hydrogens is 232 g/mol. The number of aromatic nitrogens is 2. The summed E-state index contributed by atoms with van der Waals surface area (Å²) in [5, 5.41) is 2.51. The lowest BCUT2D eigenvalue weighted by atomic mass is 10.5. The van der Waals surface area contributed by atoms with E-state index in [0.29, 0.717) is 12.3 Å². The van der Waals surface area contributed by atoms with E-state index in [-0.39, 0.29) is 5.97 Å². The van der Waals surface area contributed by atoms with E-state index in [1.807, 2.05) is 0 Å². The average Bonchev–Trinajstić information content (AvgIpc) is 2.89. The van der Waals surface area contributed by atoms with Gasteiger partial charge in [0.2, 0.25) is 0 Å². The average molecular weight is 240 g/mol. The molecule has 0 fully saturated rings. The largest absolute Gasteiger partial charge is 0.461 e. The molecule has 6 heteroatoms. The van der Waals surface area contributed by atoms with Crippen LogP contribution in [-0.4, -0.2) is 22.5 Å². The van der Waals surface area contributed by atoms with E-state index in [1.165, 1.54) is 22.7 Å². The van der Waals surface area contributed by atoms with Gasteiger partial charge in [0.15, 0.2) is 5.69 Å². The highest BCUT2D eigenvalue weighted by molar-refractivity contribution is 7.20. The summed E-state index contributed by atoms with van der Waals surface area (Å²) in [5.74, 6) is -0.371. The lowest BCUT2D eigenvalue weighted by Crippen LogP contribution is -2.04. The number of esters is 1. The highest BCUT2D eigenvalue weighted by Crippen LogP contribution is 2.26. The van der Waals surface area contributed by atoms with Crippen LogP contribution in [-0.2, 0) is 4.74 Å². The molecule has 0 radical (unpaired) electrons. The first-order valence-electron chi connectivity index (χ1n) is 4.32. The molecule has 0 amide bonds. The van der Waals surface area contributed by atoms with Crippen molar-refractivity contribution in [2.75, 3.05) is 6.61 Å². The van der Waals surface area contributed by atoms with Gasteiger partial charge in [-0.05, 0) is 6.92 Å². The third-order valence-electron chi connectivity index (χ3n) is 1.63. The molecule has 0 N–H and O–H groups in total. The molecule has 15 heavy (non-hydrogen) atoms. The number of hydrogen-bond donors (Lipinski definition) is 0. The predicted molar refractivity (Wildman–Crippen MR) is 59.2 cm³/mol. The van der Waals surface area contributed by atoms with Gasteiger partial charge in [0.25, 0.3) is 0 Å². The zero-order valence-electron chi connectivity index (χ0n) is 7.97. The van der Waals surface area contributed by atoms with Crippen LogP contribution in [0.5, 0.6) is 0 Å². The van der Waals surface area contributed by atoms with E-state index in [9.17, 15) is 4.79 Å². The Morgan fingerprint density at radius 1 is 1.53 bits per heavy atom. The zero-order valence-corrected chi connectivity index (χ0v) is 9.60. The maximum atomic E-state index is 11.3. The first-order valence-corrected chi connectivity index (χ1v) is 6.08. The third-order valence-corrected chi connectivity index (χ3v) is 3.42. The van der Waals surface area contributed by atoms with Crippen molar-refractivity contribution in [2.24, 2.45) is 0 Å². The molecular formula is C9H8N2O2S2. The van der Waals surface area contributed by atoms with Crippen molar-refractivity contribution >= 4 is 28.6 Å². The van der Waals surface area contributed by atoms with Crippen molar-refractivity contribution in [2.45, 2.75) is 6.92 Å². The predicted octanol–water partition coefficient (Wildman–Crippen LogP) is 2.44. The van der Waals surface area contributed by atoms with Crippen molar-refractivity contribution < 1.29 is 9.53 Å². The van der Waals surface area contributed by atoms with Gasteiger partial charge in [-0.2, -0.15) is 0 Å². The number of rotatable bonds is 3. The summed E-state index contributed by atoms with van der Waals surface area (Å²) in [7, 11) is 0. The smallest absolute Gasteiger partial charge is 0.357 e. The minimum atomic E-state index is -0.371. The quantitative estimate of drug-likeness (QED) is 0.773. The first kappa shape index (κ1) is 10.3. The molecule has 4 nitrogen and oxygen atoms in total. The van der Waals surface area contributed by atoms with Crippen LogP contribution in [0.4, 0.5) is 0 Å². The molecule has 0 aliphatic heterocycles. The Hall–Kier alpha value is -1.27. The molecule has 0 saturated heterocycles. The summed E-state index contributed by atoms with van der Waals surface area (Å²) in [6.45, 7) is 2.14. The van der Waals surface area contributed by atoms with Gasteiger partial charge in [0.1, 0.15) is 5.01 Å². The Kier molecular flexibility index (Phi) is 3.08. The fourth-order valence-corrected chi connectivity index (χ4v) is 2.49. The lowest BCUT2D eigenvalue weighted by Gasteiger charge is -1.95. The topological polar surface area (TPSA) is 52.1 Å². The van der Waals surface area contributed by atoms with Gasteiger partial charge in [-0.15, -0.1) is 22.7 Å². The van der Waals surface area contributed by atoms with Gasteiger partial charge >= 0.3 is 5.97 Å². The fourth-order valence-electron chi connectivity index (χ4n) is 1.01. The summed E-state index contributed by atoms with van der Waals surface area (Å²) < 4.78 is 4.85. The van der Waals surface area contributed by atoms with Gasteiger partial charge in [0, 0.05) is 11.6 Å². The molecule has 0 aromatic carbocycles.